The van der Waals surface area contributed by atoms with Crippen LogP contribution < -0.4 is 10.1 Å². The molecule has 0 bridgehead atoms. The van der Waals surface area contributed by atoms with E-state index in [0.29, 0.717) is 28.3 Å². The Kier molecular flexibility index (Phi) is 8.29. The van der Waals surface area contributed by atoms with Crippen LogP contribution in [-0.4, -0.2) is 25.2 Å². The van der Waals surface area contributed by atoms with E-state index in [4.69, 9.17) is 4.74 Å². The van der Waals surface area contributed by atoms with E-state index in [2.05, 4.69) is 5.32 Å². The molecule has 0 radical (unpaired) electrons. The van der Waals surface area contributed by atoms with Gasteiger partial charge in [0, 0.05) is 6.54 Å². The highest BCUT2D eigenvalue weighted by Gasteiger charge is 2.30. The molecular formula is C31H32N2O4S. The highest BCUT2D eigenvalue weighted by atomic mass is 32.2. The summed E-state index contributed by atoms with van der Waals surface area (Å²) in [4.78, 5) is 13.5. The van der Waals surface area contributed by atoms with Crippen LogP contribution in [0.15, 0.2) is 95.9 Å². The monoisotopic (exact) mass is 528 g/mol. The van der Waals surface area contributed by atoms with Crippen LogP contribution in [0.4, 0.5) is 5.69 Å². The number of carbonyl (C=O) groups is 1. The zero-order valence-electron chi connectivity index (χ0n) is 22.1. The van der Waals surface area contributed by atoms with E-state index in [1.807, 2.05) is 86.6 Å². The predicted molar refractivity (Wildman–Crippen MR) is 151 cm³/mol. The quantitative estimate of drug-likeness (QED) is 0.268. The van der Waals surface area contributed by atoms with Crippen LogP contribution in [0.25, 0.3) is 0 Å². The van der Waals surface area contributed by atoms with Crippen molar-refractivity contribution in [1.29, 1.82) is 0 Å². The molecule has 0 saturated heterocycles. The van der Waals surface area contributed by atoms with Crippen LogP contribution in [0.2, 0.25) is 0 Å². The van der Waals surface area contributed by atoms with Crippen LogP contribution in [0.3, 0.4) is 0 Å². The largest absolute Gasteiger partial charge is 0.455 e. The lowest BCUT2D eigenvalue weighted by molar-refractivity contribution is -0.116. The van der Waals surface area contributed by atoms with Gasteiger partial charge in [0.25, 0.3) is 0 Å². The van der Waals surface area contributed by atoms with Crippen molar-refractivity contribution in [2.75, 3.05) is 11.9 Å². The predicted octanol–water partition coefficient (Wildman–Crippen LogP) is 6.54. The fourth-order valence-electron chi connectivity index (χ4n) is 4.45. The molecule has 0 saturated carbocycles. The summed E-state index contributed by atoms with van der Waals surface area (Å²) in [6.07, 6.45) is 0. The number of nitrogens with zero attached hydrogens (tertiary/aromatic N) is 1. The van der Waals surface area contributed by atoms with E-state index >= 15 is 0 Å². The molecule has 0 fully saturated rings. The molecular weight excluding hydrogens is 496 g/mol. The fourth-order valence-corrected chi connectivity index (χ4v) is 6.25. The number of sulfonamides is 1. The zero-order valence-corrected chi connectivity index (χ0v) is 22.9. The van der Waals surface area contributed by atoms with Gasteiger partial charge in [0.15, 0.2) is 5.75 Å². The van der Waals surface area contributed by atoms with Crippen molar-refractivity contribution in [3.8, 4) is 11.5 Å². The average Bonchev–Trinajstić information content (AvgIpc) is 2.86. The summed E-state index contributed by atoms with van der Waals surface area (Å²) < 4.78 is 35.1. The van der Waals surface area contributed by atoms with Gasteiger partial charge in [0.2, 0.25) is 15.9 Å². The van der Waals surface area contributed by atoms with Crippen molar-refractivity contribution in [1.82, 2.24) is 4.31 Å². The number of aryl methyl sites for hydroxylation is 4. The number of benzene rings is 4. The second-order valence-corrected chi connectivity index (χ2v) is 11.3. The van der Waals surface area contributed by atoms with E-state index in [1.54, 1.807) is 32.0 Å². The maximum absolute atomic E-state index is 14.0. The highest BCUT2D eigenvalue weighted by molar-refractivity contribution is 7.89. The van der Waals surface area contributed by atoms with Crippen LogP contribution in [0.5, 0.6) is 11.5 Å². The third kappa shape index (κ3) is 6.49. The summed E-state index contributed by atoms with van der Waals surface area (Å²) in [6.45, 7) is 7.18. The summed E-state index contributed by atoms with van der Waals surface area (Å²) >= 11 is 0. The molecule has 7 heteroatoms. The van der Waals surface area contributed by atoms with Crippen LogP contribution in [0.1, 0.15) is 27.8 Å². The van der Waals surface area contributed by atoms with Gasteiger partial charge in [-0.1, -0.05) is 77.9 Å². The lowest BCUT2D eigenvalue weighted by Crippen LogP contribution is -2.38. The molecule has 4 aromatic carbocycles. The molecule has 6 nitrogen and oxygen atoms in total. The Morgan fingerprint density at radius 1 is 0.789 bits per heavy atom. The second-order valence-electron chi connectivity index (χ2n) is 9.45. The zero-order chi connectivity index (χ0) is 27.3. The van der Waals surface area contributed by atoms with E-state index < -0.39 is 15.9 Å². The van der Waals surface area contributed by atoms with Gasteiger partial charge in [-0.2, -0.15) is 4.31 Å². The van der Waals surface area contributed by atoms with Gasteiger partial charge in [-0.05, 0) is 68.7 Å². The van der Waals surface area contributed by atoms with E-state index in [0.717, 1.165) is 16.7 Å². The molecule has 196 valence electrons. The van der Waals surface area contributed by atoms with E-state index in [1.165, 1.54) is 4.31 Å². The summed E-state index contributed by atoms with van der Waals surface area (Å²) in [5.41, 5.74) is 4.61. The number of nitrogens with one attached hydrogen (secondary N) is 1. The van der Waals surface area contributed by atoms with E-state index in [-0.39, 0.29) is 18.0 Å². The Morgan fingerprint density at radius 2 is 1.39 bits per heavy atom. The summed E-state index contributed by atoms with van der Waals surface area (Å²) in [7, 11) is -3.99. The van der Waals surface area contributed by atoms with Crippen molar-refractivity contribution in [2.24, 2.45) is 0 Å². The molecule has 4 rings (SSSR count). The molecule has 0 spiro atoms. The average molecular weight is 529 g/mol. The number of ether oxygens (including phenoxy) is 1. The fraction of sp³-hybridized carbons (Fsp3) is 0.194. The second kappa shape index (κ2) is 11.6. The smallest absolute Gasteiger partial charge is 0.244 e. The Hall–Kier alpha value is -3.94. The maximum atomic E-state index is 14.0. The maximum Gasteiger partial charge on any atom is 0.244 e. The first kappa shape index (κ1) is 27.1. The standard InChI is InChI=1S/C31H32N2O4S/c1-22-14-16-26(17-15-22)20-33(38(35,36)31-24(3)18-23(2)19-25(31)4)21-30(34)32-28-12-8-9-13-29(28)37-27-10-6-5-7-11-27/h5-19H,20-21H2,1-4H3,(H,32,34). The minimum atomic E-state index is -3.99. The Labute approximate surface area is 225 Å². The van der Waals surface area contributed by atoms with Gasteiger partial charge in [0.1, 0.15) is 5.75 Å². The van der Waals surface area contributed by atoms with Gasteiger partial charge in [-0.25, -0.2) is 8.42 Å². The topological polar surface area (TPSA) is 75.7 Å². The Morgan fingerprint density at radius 3 is 2.05 bits per heavy atom. The first-order valence-electron chi connectivity index (χ1n) is 12.4. The lowest BCUT2D eigenvalue weighted by Gasteiger charge is -2.24. The number of para-hydroxylation sites is 3. The number of rotatable bonds is 9. The van der Waals surface area contributed by atoms with Crippen molar-refractivity contribution in [3.05, 3.63) is 119 Å². The first-order valence-corrected chi connectivity index (χ1v) is 13.8. The molecule has 1 amide bonds. The first-order chi connectivity index (χ1) is 18.1. The van der Waals surface area contributed by atoms with Crippen LogP contribution in [0, 0.1) is 27.7 Å². The number of hydrogen-bond donors (Lipinski definition) is 1. The molecule has 0 aliphatic rings. The molecule has 0 aliphatic heterocycles. The molecule has 0 aromatic heterocycles. The number of hydrogen-bond acceptors (Lipinski definition) is 4. The lowest BCUT2D eigenvalue weighted by atomic mass is 10.1. The summed E-state index contributed by atoms with van der Waals surface area (Å²) in [6, 6.07) is 27.6. The number of anilines is 1. The Bertz CT molecular complexity index is 1510. The van der Waals surface area contributed by atoms with E-state index in [9.17, 15) is 13.2 Å². The van der Waals surface area contributed by atoms with Crippen LogP contribution in [-0.2, 0) is 21.4 Å². The van der Waals surface area contributed by atoms with Crippen molar-refractivity contribution >= 4 is 21.6 Å². The molecule has 1 N–H and O–H groups in total. The Balaban J connectivity index is 1.63. The SMILES string of the molecule is Cc1ccc(CN(CC(=O)Nc2ccccc2Oc2ccccc2)S(=O)(=O)c2c(C)cc(C)cc2C)cc1. The minimum Gasteiger partial charge on any atom is -0.455 e. The third-order valence-corrected chi connectivity index (χ3v) is 8.23. The summed E-state index contributed by atoms with van der Waals surface area (Å²) in [5, 5.41) is 2.85. The van der Waals surface area contributed by atoms with Gasteiger partial charge < -0.3 is 10.1 Å². The van der Waals surface area contributed by atoms with Gasteiger partial charge in [-0.3, -0.25) is 4.79 Å². The molecule has 0 heterocycles. The highest BCUT2D eigenvalue weighted by Crippen LogP contribution is 2.30. The number of carbonyl (C=O) groups excluding carboxylic acids is 1. The van der Waals surface area contributed by atoms with Crippen molar-refractivity contribution in [2.45, 2.75) is 39.1 Å². The minimum absolute atomic E-state index is 0.0605. The van der Waals surface area contributed by atoms with Gasteiger partial charge in [-0.15, -0.1) is 0 Å². The molecule has 0 unspecified atom stereocenters. The van der Waals surface area contributed by atoms with Gasteiger partial charge in [0.05, 0.1) is 17.1 Å². The normalized spacial score (nSPS) is 11.4. The third-order valence-electron chi connectivity index (χ3n) is 6.13. The molecule has 38 heavy (non-hydrogen) atoms. The van der Waals surface area contributed by atoms with Crippen molar-refractivity contribution in [3.63, 3.8) is 0 Å². The van der Waals surface area contributed by atoms with Crippen LogP contribution >= 0.6 is 0 Å². The molecule has 4 aromatic rings. The molecule has 0 atom stereocenters. The summed E-state index contributed by atoms with van der Waals surface area (Å²) in [5.74, 6) is 0.625. The molecule has 0 aliphatic carbocycles. The van der Waals surface area contributed by atoms with Crippen molar-refractivity contribution < 1.29 is 17.9 Å². The number of amides is 1. The van der Waals surface area contributed by atoms with Gasteiger partial charge >= 0.3 is 0 Å².